The van der Waals surface area contributed by atoms with Gasteiger partial charge in [-0.15, -0.1) is 0 Å². The molecule has 114 valence electrons. The van der Waals surface area contributed by atoms with Gasteiger partial charge in [0.1, 0.15) is 0 Å². The molecule has 0 aromatic heterocycles. The number of fused-ring (bicyclic) bond motifs is 1. The van der Waals surface area contributed by atoms with Crippen molar-refractivity contribution < 1.29 is 0 Å². The monoisotopic (exact) mass is 285 g/mol. The Hall–Kier alpha value is -0.900. The fourth-order valence-corrected chi connectivity index (χ4v) is 4.26. The maximum Gasteiger partial charge on any atom is 0.0234 e. The van der Waals surface area contributed by atoms with E-state index in [1.165, 1.54) is 68.6 Å². The van der Waals surface area contributed by atoms with E-state index >= 15 is 0 Å². The molecule has 21 heavy (non-hydrogen) atoms. The molecule has 0 amide bonds. The summed E-state index contributed by atoms with van der Waals surface area (Å²) < 4.78 is 0. The van der Waals surface area contributed by atoms with E-state index in [9.17, 15) is 0 Å². The molecule has 2 aliphatic heterocycles. The number of hydrogen-bond acceptors (Lipinski definition) is 3. The normalized spacial score (nSPS) is 24.6. The summed E-state index contributed by atoms with van der Waals surface area (Å²) >= 11 is 0. The first-order valence-corrected chi connectivity index (χ1v) is 8.66. The summed E-state index contributed by atoms with van der Waals surface area (Å²) in [5.74, 6) is 0. The van der Waals surface area contributed by atoms with Crippen molar-refractivity contribution in [2.24, 2.45) is 0 Å². The highest BCUT2D eigenvalue weighted by atomic mass is 15.3. The number of piperazine rings is 1. The van der Waals surface area contributed by atoms with Crippen LogP contribution in [-0.4, -0.2) is 42.0 Å². The topological polar surface area (TPSA) is 18.5 Å². The van der Waals surface area contributed by atoms with Crippen LogP contribution >= 0.6 is 0 Å². The van der Waals surface area contributed by atoms with Crippen LogP contribution in [0.2, 0.25) is 0 Å². The Balaban J connectivity index is 1.32. The van der Waals surface area contributed by atoms with Gasteiger partial charge in [-0.25, -0.2) is 0 Å². The minimum Gasteiger partial charge on any atom is -0.309 e. The SMILES string of the molecule is c1cc2c(cc1CN1CCN(C3CCCC3)CC1)CNC2. The van der Waals surface area contributed by atoms with E-state index in [2.05, 4.69) is 33.3 Å². The number of benzene rings is 1. The van der Waals surface area contributed by atoms with Crippen LogP contribution in [0.4, 0.5) is 0 Å². The van der Waals surface area contributed by atoms with E-state index in [4.69, 9.17) is 0 Å². The molecule has 0 bridgehead atoms. The Morgan fingerprint density at radius 2 is 1.71 bits per heavy atom. The molecule has 0 unspecified atom stereocenters. The maximum atomic E-state index is 3.44. The minimum absolute atomic E-state index is 0.901. The summed E-state index contributed by atoms with van der Waals surface area (Å²) in [4.78, 5) is 5.38. The number of rotatable bonds is 3. The molecule has 4 rings (SSSR count). The average Bonchev–Trinajstić information content (AvgIpc) is 3.19. The maximum absolute atomic E-state index is 3.44. The first-order chi connectivity index (χ1) is 10.4. The lowest BCUT2D eigenvalue weighted by Gasteiger charge is -2.38. The summed E-state index contributed by atoms with van der Waals surface area (Å²) in [7, 11) is 0. The zero-order chi connectivity index (χ0) is 14.1. The first-order valence-electron chi connectivity index (χ1n) is 8.66. The third-order valence-corrected chi connectivity index (χ3v) is 5.56. The van der Waals surface area contributed by atoms with Gasteiger partial charge in [-0.2, -0.15) is 0 Å². The molecule has 2 heterocycles. The molecule has 1 aliphatic carbocycles. The van der Waals surface area contributed by atoms with E-state index < -0.39 is 0 Å². The van der Waals surface area contributed by atoms with Gasteiger partial charge in [0.15, 0.2) is 0 Å². The third kappa shape index (κ3) is 3.01. The fourth-order valence-electron chi connectivity index (χ4n) is 4.26. The van der Waals surface area contributed by atoms with Crippen LogP contribution in [0.5, 0.6) is 0 Å². The van der Waals surface area contributed by atoms with Gasteiger partial charge in [0.25, 0.3) is 0 Å². The largest absolute Gasteiger partial charge is 0.309 e. The number of nitrogens with one attached hydrogen (secondary N) is 1. The summed E-state index contributed by atoms with van der Waals surface area (Å²) in [5, 5.41) is 3.44. The highest BCUT2D eigenvalue weighted by Crippen LogP contribution is 2.25. The summed E-state index contributed by atoms with van der Waals surface area (Å²) in [5.41, 5.74) is 4.49. The standard InChI is InChI=1S/C18H27N3/c1-2-4-18(3-1)21-9-7-20(8-10-21)14-15-5-6-16-12-19-13-17(16)11-15/h5-6,11,18-19H,1-4,7-10,12-14H2. The Morgan fingerprint density at radius 1 is 0.952 bits per heavy atom. The van der Waals surface area contributed by atoms with Gasteiger partial charge < -0.3 is 5.32 Å². The van der Waals surface area contributed by atoms with Crippen molar-refractivity contribution in [3.8, 4) is 0 Å². The van der Waals surface area contributed by atoms with Gasteiger partial charge in [0.2, 0.25) is 0 Å². The molecule has 0 spiro atoms. The first kappa shape index (κ1) is 13.7. The van der Waals surface area contributed by atoms with E-state index in [1.807, 2.05) is 0 Å². The van der Waals surface area contributed by atoms with Crippen molar-refractivity contribution in [2.75, 3.05) is 26.2 Å². The Bertz CT molecular complexity index is 485. The molecule has 2 fully saturated rings. The van der Waals surface area contributed by atoms with Crippen molar-refractivity contribution in [3.05, 3.63) is 34.9 Å². The molecule has 0 atom stereocenters. The summed E-state index contributed by atoms with van der Waals surface area (Å²) in [6.07, 6.45) is 5.79. The smallest absolute Gasteiger partial charge is 0.0234 e. The van der Waals surface area contributed by atoms with E-state index in [1.54, 1.807) is 0 Å². The van der Waals surface area contributed by atoms with Crippen LogP contribution in [0.3, 0.4) is 0 Å². The van der Waals surface area contributed by atoms with Crippen LogP contribution in [-0.2, 0) is 19.6 Å². The lowest BCUT2D eigenvalue weighted by Crippen LogP contribution is -2.49. The van der Waals surface area contributed by atoms with Crippen LogP contribution in [0.15, 0.2) is 18.2 Å². The molecular formula is C18H27N3. The zero-order valence-electron chi connectivity index (χ0n) is 13.0. The summed E-state index contributed by atoms with van der Waals surface area (Å²) in [6, 6.07) is 7.96. The van der Waals surface area contributed by atoms with Crippen LogP contribution < -0.4 is 5.32 Å². The fraction of sp³-hybridized carbons (Fsp3) is 0.667. The van der Waals surface area contributed by atoms with Crippen molar-refractivity contribution in [3.63, 3.8) is 0 Å². The second-order valence-corrected chi connectivity index (χ2v) is 6.96. The Kier molecular flexibility index (Phi) is 3.97. The predicted octanol–water partition coefficient (Wildman–Crippen LogP) is 2.35. The molecule has 3 nitrogen and oxygen atoms in total. The minimum atomic E-state index is 0.901. The molecular weight excluding hydrogens is 258 g/mol. The van der Waals surface area contributed by atoms with Gasteiger partial charge in [0.05, 0.1) is 0 Å². The second kappa shape index (κ2) is 6.07. The van der Waals surface area contributed by atoms with E-state index in [0.717, 1.165) is 25.7 Å². The number of nitrogens with zero attached hydrogens (tertiary/aromatic N) is 2. The highest BCUT2D eigenvalue weighted by molar-refractivity contribution is 5.34. The van der Waals surface area contributed by atoms with Gasteiger partial charge in [-0.3, -0.25) is 9.80 Å². The zero-order valence-corrected chi connectivity index (χ0v) is 13.0. The van der Waals surface area contributed by atoms with Crippen LogP contribution in [0.25, 0.3) is 0 Å². The Labute approximate surface area is 128 Å². The molecule has 1 N–H and O–H groups in total. The van der Waals surface area contributed by atoms with Gasteiger partial charge in [-0.05, 0) is 29.5 Å². The average molecular weight is 285 g/mol. The molecule has 1 aromatic rings. The van der Waals surface area contributed by atoms with Crippen LogP contribution in [0, 0.1) is 0 Å². The molecule has 3 heteroatoms. The highest BCUT2D eigenvalue weighted by Gasteiger charge is 2.26. The molecule has 1 saturated heterocycles. The van der Waals surface area contributed by atoms with Gasteiger partial charge in [-0.1, -0.05) is 31.0 Å². The predicted molar refractivity (Wildman–Crippen MR) is 86.1 cm³/mol. The van der Waals surface area contributed by atoms with Crippen molar-refractivity contribution in [1.82, 2.24) is 15.1 Å². The third-order valence-electron chi connectivity index (χ3n) is 5.56. The summed E-state index contributed by atoms with van der Waals surface area (Å²) in [6.45, 7) is 8.27. The molecule has 3 aliphatic rings. The lowest BCUT2D eigenvalue weighted by atomic mass is 10.1. The number of hydrogen-bond donors (Lipinski definition) is 1. The molecule has 1 saturated carbocycles. The quantitative estimate of drug-likeness (QED) is 0.920. The van der Waals surface area contributed by atoms with Gasteiger partial charge in [0, 0.05) is 51.9 Å². The lowest BCUT2D eigenvalue weighted by molar-refractivity contribution is 0.0937. The van der Waals surface area contributed by atoms with Crippen molar-refractivity contribution >= 4 is 0 Å². The molecule has 1 aromatic carbocycles. The van der Waals surface area contributed by atoms with E-state index in [0.29, 0.717) is 0 Å². The van der Waals surface area contributed by atoms with Crippen molar-refractivity contribution in [2.45, 2.75) is 51.4 Å². The van der Waals surface area contributed by atoms with Crippen LogP contribution in [0.1, 0.15) is 42.4 Å². The Morgan fingerprint density at radius 3 is 2.52 bits per heavy atom. The van der Waals surface area contributed by atoms with Crippen molar-refractivity contribution in [1.29, 1.82) is 0 Å². The second-order valence-electron chi connectivity index (χ2n) is 6.96. The van der Waals surface area contributed by atoms with Gasteiger partial charge >= 0.3 is 0 Å². The molecule has 0 radical (unpaired) electrons. The van der Waals surface area contributed by atoms with E-state index in [-0.39, 0.29) is 0 Å².